The average molecular weight is 291 g/mol. The highest BCUT2D eigenvalue weighted by atomic mass is 32.1. The van der Waals surface area contributed by atoms with Crippen LogP contribution in [0.1, 0.15) is 21.1 Å². The van der Waals surface area contributed by atoms with E-state index in [1.807, 2.05) is 18.4 Å². The maximum Gasteiger partial charge on any atom is 0.251 e. The molecule has 1 amide bonds. The highest BCUT2D eigenvalue weighted by Gasteiger charge is 2.06. The van der Waals surface area contributed by atoms with Gasteiger partial charge in [-0.3, -0.25) is 4.79 Å². The number of amides is 1. The molecule has 1 heterocycles. The Bertz CT molecular complexity index is 583. The van der Waals surface area contributed by atoms with Crippen molar-refractivity contribution in [3.8, 4) is 5.75 Å². The van der Waals surface area contributed by atoms with Gasteiger partial charge in [0.1, 0.15) is 12.4 Å². The molecule has 0 saturated heterocycles. The maximum atomic E-state index is 11.8. The fraction of sp³-hybridized carbons (Fsp3) is 0.286. The van der Waals surface area contributed by atoms with Crippen LogP contribution in [-0.2, 0) is 6.61 Å². The summed E-state index contributed by atoms with van der Waals surface area (Å²) in [5.41, 5.74) is 6.81. The summed E-state index contributed by atoms with van der Waals surface area (Å²) < 4.78 is 5.64. The molecule has 0 radical (unpaired) electrons. The van der Waals surface area contributed by atoms with Crippen LogP contribution in [0.4, 0.5) is 0 Å². The molecular weight excluding hydrogens is 274 g/mol. The first-order valence-corrected chi connectivity index (χ1v) is 7.19. The molecule has 0 spiro atoms. The zero-order valence-electron chi connectivity index (χ0n) is 11.3. The van der Waals surface area contributed by atoms with Gasteiger partial charge in [0.15, 0.2) is 0 Å². The second kappa shape index (κ2) is 7.02. The van der Waals surface area contributed by atoms with E-state index < -0.39 is 0 Å². The number of thiazole rings is 1. The van der Waals surface area contributed by atoms with Crippen LogP contribution < -0.4 is 15.8 Å². The predicted octanol–water partition coefficient (Wildman–Crippen LogP) is 1.72. The van der Waals surface area contributed by atoms with Gasteiger partial charge in [0.2, 0.25) is 0 Å². The molecule has 0 unspecified atom stereocenters. The highest BCUT2D eigenvalue weighted by molar-refractivity contribution is 7.09. The number of hydrogen-bond acceptors (Lipinski definition) is 5. The SMILES string of the molecule is Cc1nc(COc2cccc(C(=O)NCCN)c2)cs1. The first kappa shape index (κ1) is 14.5. The van der Waals surface area contributed by atoms with Crippen LogP contribution in [0, 0.1) is 6.92 Å². The summed E-state index contributed by atoms with van der Waals surface area (Å²) in [7, 11) is 0. The summed E-state index contributed by atoms with van der Waals surface area (Å²) >= 11 is 1.59. The fourth-order valence-electron chi connectivity index (χ4n) is 1.65. The first-order valence-electron chi connectivity index (χ1n) is 6.31. The molecule has 0 atom stereocenters. The number of nitrogens with two attached hydrogens (primary N) is 1. The molecule has 1 aromatic carbocycles. The molecule has 0 saturated carbocycles. The van der Waals surface area contributed by atoms with Gasteiger partial charge in [-0.25, -0.2) is 4.98 Å². The summed E-state index contributed by atoms with van der Waals surface area (Å²) in [4.78, 5) is 16.1. The van der Waals surface area contributed by atoms with Gasteiger partial charge >= 0.3 is 0 Å². The van der Waals surface area contributed by atoms with Crippen molar-refractivity contribution in [2.75, 3.05) is 13.1 Å². The molecule has 0 bridgehead atoms. The molecule has 0 aliphatic carbocycles. The molecule has 3 N–H and O–H groups in total. The second-order valence-electron chi connectivity index (χ2n) is 4.22. The summed E-state index contributed by atoms with van der Waals surface area (Å²) in [6.07, 6.45) is 0. The lowest BCUT2D eigenvalue weighted by Crippen LogP contribution is -2.28. The first-order chi connectivity index (χ1) is 9.69. The van der Waals surface area contributed by atoms with Gasteiger partial charge in [-0.1, -0.05) is 6.07 Å². The van der Waals surface area contributed by atoms with Crippen molar-refractivity contribution in [2.24, 2.45) is 5.73 Å². The quantitative estimate of drug-likeness (QED) is 0.849. The van der Waals surface area contributed by atoms with Crippen LogP contribution in [0.5, 0.6) is 5.75 Å². The Hall–Kier alpha value is -1.92. The molecule has 106 valence electrons. The van der Waals surface area contributed by atoms with Gasteiger partial charge in [-0.2, -0.15) is 0 Å². The molecule has 1 aromatic heterocycles. The van der Waals surface area contributed by atoms with Crippen LogP contribution in [-0.4, -0.2) is 24.0 Å². The molecule has 0 fully saturated rings. The lowest BCUT2D eigenvalue weighted by Gasteiger charge is -2.07. The van der Waals surface area contributed by atoms with Gasteiger partial charge in [0.25, 0.3) is 5.91 Å². The van der Waals surface area contributed by atoms with Crippen molar-refractivity contribution in [2.45, 2.75) is 13.5 Å². The van der Waals surface area contributed by atoms with E-state index in [0.29, 0.717) is 31.0 Å². The van der Waals surface area contributed by atoms with Crippen molar-refractivity contribution < 1.29 is 9.53 Å². The molecule has 0 aliphatic rings. The Morgan fingerprint density at radius 2 is 2.35 bits per heavy atom. The van der Waals surface area contributed by atoms with E-state index in [4.69, 9.17) is 10.5 Å². The third kappa shape index (κ3) is 4.04. The Morgan fingerprint density at radius 1 is 1.50 bits per heavy atom. The number of carbonyl (C=O) groups excluding carboxylic acids is 1. The third-order valence-electron chi connectivity index (χ3n) is 2.58. The number of nitrogens with zero attached hydrogens (tertiary/aromatic N) is 1. The van der Waals surface area contributed by atoms with Crippen LogP contribution >= 0.6 is 11.3 Å². The van der Waals surface area contributed by atoms with Crippen molar-refractivity contribution in [1.82, 2.24) is 10.3 Å². The maximum absolute atomic E-state index is 11.8. The third-order valence-corrected chi connectivity index (χ3v) is 3.40. The smallest absolute Gasteiger partial charge is 0.251 e. The van der Waals surface area contributed by atoms with E-state index in [-0.39, 0.29) is 5.91 Å². The van der Waals surface area contributed by atoms with Gasteiger partial charge in [-0.05, 0) is 25.1 Å². The minimum absolute atomic E-state index is 0.148. The lowest BCUT2D eigenvalue weighted by molar-refractivity contribution is 0.0954. The van der Waals surface area contributed by atoms with Gasteiger partial charge < -0.3 is 15.8 Å². The monoisotopic (exact) mass is 291 g/mol. The predicted molar refractivity (Wildman–Crippen MR) is 79.0 cm³/mol. The minimum Gasteiger partial charge on any atom is -0.487 e. The largest absolute Gasteiger partial charge is 0.487 e. The minimum atomic E-state index is -0.148. The highest BCUT2D eigenvalue weighted by Crippen LogP contribution is 2.16. The molecule has 2 rings (SSSR count). The van der Waals surface area contributed by atoms with E-state index in [1.165, 1.54) is 0 Å². The summed E-state index contributed by atoms with van der Waals surface area (Å²) in [5.74, 6) is 0.501. The Kier molecular flexibility index (Phi) is 5.09. The number of aryl methyl sites for hydroxylation is 1. The normalized spacial score (nSPS) is 10.3. The number of benzene rings is 1. The summed E-state index contributed by atoms with van der Waals surface area (Å²) in [6.45, 7) is 3.24. The summed E-state index contributed by atoms with van der Waals surface area (Å²) in [5, 5.41) is 5.70. The van der Waals surface area contributed by atoms with E-state index in [1.54, 1.807) is 29.5 Å². The molecule has 6 heteroatoms. The average Bonchev–Trinajstić information content (AvgIpc) is 2.88. The van der Waals surface area contributed by atoms with Crippen LogP contribution in [0.3, 0.4) is 0 Å². The lowest BCUT2D eigenvalue weighted by atomic mass is 10.2. The Balaban J connectivity index is 1.97. The van der Waals surface area contributed by atoms with Crippen LogP contribution in [0.25, 0.3) is 0 Å². The second-order valence-corrected chi connectivity index (χ2v) is 5.28. The van der Waals surface area contributed by atoms with Crippen LogP contribution in [0.15, 0.2) is 29.6 Å². The van der Waals surface area contributed by atoms with Crippen molar-refractivity contribution >= 4 is 17.2 Å². The number of nitrogens with one attached hydrogen (secondary N) is 1. The number of rotatable bonds is 6. The van der Waals surface area contributed by atoms with Gasteiger partial charge in [0, 0.05) is 24.0 Å². The molecule has 2 aromatic rings. The molecule has 5 nitrogen and oxygen atoms in total. The molecular formula is C14H17N3O2S. The zero-order chi connectivity index (χ0) is 14.4. The number of aromatic nitrogens is 1. The van der Waals surface area contributed by atoms with Crippen molar-refractivity contribution in [1.29, 1.82) is 0 Å². The Morgan fingerprint density at radius 3 is 3.05 bits per heavy atom. The van der Waals surface area contributed by atoms with Gasteiger partial charge in [0.05, 0.1) is 10.7 Å². The topological polar surface area (TPSA) is 77.2 Å². The standard InChI is InChI=1S/C14H17N3O2S/c1-10-17-12(9-20-10)8-19-13-4-2-3-11(7-13)14(18)16-6-5-15/h2-4,7,9H,5-6,8,15H2,1H3,(H,16,18). The van der Waals surface area contributed by atoms with E-state index in [2.05, 4.69) is 10.3 Å². The Labute approximate surface area is 121 Å². The van der Waals surface area contributed by atoms with Crippen LogP contribution in [0.2, 0.25) is 0 Å². The van der Waals surface area contributed by atoms with Gasteiger partial charge in [-0.15, -0.1) is 11.3 Å². The molecule has 20 heavy (non-hydrogen) atoms. The van der Waals surface area contributed by atoms with E-state index in [9.17, 15) is 4.79 Å². The zero-order valence-corrected chi connectivity index (χ0v) is 12.1. The fourth-order valence-corrected chi connectivity index (χ4v) is 2.24. The number of hydrogen-bond donors (Lipinski definition) is 2. The number of ether oxygens (including phenoxy) is 1. The summed E-state index contributed by atoms with van der Waals surface area (Å²) in [6, 6.07) is 7.06. The van der Waals surface area contributed by atoms with Crippen molar-refractivity contribution in [3.05, 3.63) is 45.9 Å². The molecule has 0 aliphatic heterocycles. The van der Waals surface area contributed by atoms with Crippen molar-refractivity contribution in [3.63, 3.8) is 0 Å². The number of carbonyl (C=O) groups is 1. The van der Waals surface area contributed by atoms with E-state index >= 15 is 0 Å². The van der Waals surface area contributed by atoms with E-state index in [0.717, 1.165) is 10.7 Å².